The first kappa shape index (κ1) is 15.3. The van der Waals surface area contributed by atoms with Crippen molar-refractivity contribution in [2.75, 3.05) is 31.1 Å². The molecule has 1 aromatic rings. The number of hydrogen-bond donors (Lipinski definition) is 0. The van der Waals surface area contributed by atoms with E-state index in [1.54, 1.807) is 0 Å². The number of sulfone groups is 1. The second-order valence-electron chi connectivity index (χ2n) is 5.86. The summed E-state index contributed by atoms with van der Waals surface area (Å²) in [6.45, 7) is 6.48. The minimum absolute atomic E-state index is 0.215. The Morgan fingerprint density at radius 2 is 2.05 bits per heavy atom. The van der Waals surface area contributed by atoms with E-state index in [0.29, 0.717) is 12.3 Å². The molecule has 0 amide bonds. The molecule has 0 radical (unpaired) electrons. The van der Waals surface area contributed by atoms with E-state index < -0.39 is 9.84 Å². The Kier molecular flexibility index (Phi) is 5.00. The molecule has 20 heavy (non-hydrogen) atoms. The van der Waals surface area contributed by atoms with Crippen LogP contribution in [0.3, 0.4) is 0 Å². The van der Waals surface area contributed by atoms with Gasteiger partial charge in [-0.05, 0) is 18.4 Å². The molecule has 1 heterocycles. The number of nitrogens with zero attached hydrogens (tertiary/aromatic N) is 1. The number of rotatable bonds is 3. The Labute approximate surface area is 122 Å². The summed E-state index contributed by atoms with van der Waals surface area (Å²) in [4.78, 5) is 2.25. The molecule has 2 rings (SSSR count). The molecule has 0 spiro atoms. The highest BCUT2D eigenvalue weighted by atomic mass is 32.2. The second-order valence-corrected chi connectivity index (χ2v) is 8.08. The molecule has 0 aromatic heterocycles. The highest BCUT2D eigenvalue weighted by Crippen LogP contribution is 2.14. The van der Waals surface area contributed by atoms with Crippen LogP contribution in [-0.2, 0) is 9.84 Å². The highest BCUT2D eigenvalue weighted by molar-refractivity contribution is 7.91. The van der Waals surface area contributed by atoms with Gasteiger partial charge in [0.1, 0.15) is 0 Å². The molecule has 1 aliphatic rings. The average Bonchev–Trinajstić information content (AvgIpc) is 2.48. The van der Waals surface area contributed by atoms with Gasteiger partial charge in [-0.15, -0.1) is 0 Å². The summed E-state index contributed by atoms with van der Waals surface area (Å²) in [6.07, 6.45) is 2.17. The maximum Gasteiger partial charge on any atom is 0.151 e. The first-order valence-corrected chi connectivity index (χ1v) is 8.92. The molecule has 0 saturated carbocycles. The van der Waals surface area contributed by atoms with E-state index in [2.05, 4.69) is 30.0 Å². The molecule has 0 N–H and O–H groups in total. The lowest BCUT2D eigenvalue weighted by Crippen LogP contribution is -2.30. The van der Waals surface area contributed by atoms with Crippen LogP contribution in [0.5, 0.6) is 0 Å². The third-order valence-corrected chi connectivity index (χ3v) is 5.39. The quantitative estimate of drug-likeness (QED) is 0.859. The Morgan fingerprint density at radius 1 is 1.35 bits per heavy atom. The van der Waals surface area contributed by atoms with Crippen molar-refractivity contribution in [3.63, 3.8) is 0 Å². The van der Waals surface area contributed by atoms with Gasteiger partial charge in [-0.2, -0.15) is 0 Å². The van der Waals surface area contributed by atoms with Gasteiger partial charge in [-0.25, -0.2) is 8.42 Å². The summed E-state index contributed by atoms with van der Waals surface area (Å²) in [6, 6.07) is 10.2. The van der Waals surface area contributed by atoms with Crippen LogP contribution in [0.15, 0.2) is 35.9 Å². The first-order valence-electron chi connectivity index (χ1n) is 7.09. The van der Waals surface area contributed by atoms with Crippen molar-refractivity contribution in [3.8, 4) is 0 Å². The summed E-state index contributed by atoms with van der Waals surface area (Å²) in [5, 5.41) is 0. The monoisotopic (exact) mass is 293 g/mol. The maximum atomic E-state index is 11.8. The van der Waals surface area contributed by atoms with Crippen LogP contribution in [0.1, 0.15) is 19.4 Å². The zero-order chi connectivity index (χ0) is 14.6. The van der Waals surface area contributed by atoms with Gasteiger partial charge < -0.3 is 0 Å². The number of hydrogen-bond acceptors (Lipinski definition) is 3. The summed E-state index contributed by atoms with van der Waals surface area (Å²) in [5.41, 5.74) is 2.46. The van der Waals surface area contributed by atoms with E-state index >= 15 is 0 Å². The predicted molar refractivity (Wildman–Crippen MR) is 84.4 cm³/mol. The van der Waals surface area contributed by atoms with Crippen LogP contribution in [0.4, 0.5) is 0 Å². The number of benzene rings is 1. The van der Waals surface area contributed by atoms with Gasteiger partial charge in [-0.1, -0.05) is 48.9 Å². The summed E-state index contributed by atoms with van der Waals surface area (Å²) in [7, 11) is -2.86. The van der Waals surface area contributed by atoms with Gasteiger partial charge in [0.05, 0.1) is 11.5 Å². The van der Waals surface area contributed by atoms with Crippen molar-refractivity contribution in [2.24, 2.45) is 5.92 Å². The van der Waals surface area contributed by atoms with Crippen LogP contribution in [-0.4, -0.2) is 44.5 Å². The molecule has 0 aliphatic carbocycles. The molecular weight excluding hydrogens is 270 g/mol. The molecule has 1 aliphatic heterocycles. The normalized spacial score (nSPS) is 24.3. The average molecular weight is 293 g/mol. The maximum absolute atomic E-state index is 11.8. The van der Waals surface area contributed by atoms with Gasteiger partial charge in [0.25, 0.3) is 0 Å². The minimum Gasteiger partial charge on any atom is -0.298 e. The third kappa shape index (κ3) is 4.76. The van der Waals surface area contributed by atoms with Crippen LogP contribution in [0.2, 0.25) is 0 Å². The molecule has 3 nitrogen and oxygen atoms in total. The van der Waals surface area contributed by atoms with Crippen molar-refractivity contribution >= 4 is 15.9 Å². The van der Waals surface area contributed by atoms with Crippen molar-refractivity contribution in [1.82, 2.24) is 4.90 Å². The third-order valence-electron chi connectivity index (χ3n) is 3.51. The molecule has 1 aromatic carbocycles. The van der Waals surface area contributed by atoms with E-state index in [9.17, 15) is 8.42 Å². The second kappa shape index (κ2) is 6.55. The molecule has 1 atom stereocenters. The molecule has 110 valence electrons. The Hall–Kier alpha value is -1.13. The molecule has 1 fully saturated rings. The van der Waals surface area contributed by atoms with Crippen molar-refractivity contribution in [3.05, 3.63) is 41.5 Å². The fourth-order valence-corrected chi connectivity index (χ4v) is 4.42. The van der Waals surface area contributed by atoms with Crippen LogP contribution in [0.25, 0.3) is 6.08 Å². The topological polar surface area (TPSA) is 37.4 Å². The molecular formula is C16H23NO2S. The van der Waals surface area contributed by atoms with E-state index in [1.807, 2.05) is 25.1 Å². The Morgan fingerprint density at radius 3 is 2.75 bits per heavy atom. The standard InChI is InChI=1S/C16H23NO2S/c1-14(10-16-6-4-3-5-7-16)11-17-8-9-20(18,19)13-15(2)12-17/h3-7,10,15H,8-9,11-13H2,1-2H3/b14-10+. The van der Waals surface area contributed by atoms with Gasteiger partial charge in [0.2, 0.25) is 0 Å². The van der Waals surface area contributed by atoms with E-state index in [4.69, 9.17) is 0 Å². The summed E-state index contributed by atoms with van der Waals surface area (Å²) >= 11 is 0. The van der Waals surface area contributed by atoms with Crippen molar-refractivity contribution in [1.29, 1.82) is 0 Å². The van der Waals surface area contributed by atoms with Gasteiger partial charge >= 0.3 is 0 Å². The van der Waals surface area contributed by atoms with Gasteiger partial charge in [-0.3, -0.25) is 4.90 Å². The van der Waals surface area contributed by atoms with E-state index in [1.165, 1.54) is 11.1 Å². The fraction of sp³-hybridized carbons (Fsp3) is 0.500. The molecule has 1 unspecified atom stereocenters. The Balaban J connectivity index is 2.01. The summed E-state index contributed by atoms with van der Waals surface area (Å²) in [5.74, 6) is 0.827. The smallest absolute Gasteiger partial charge is 0.151 e. The van der Waals surface area contributed by atoms with E-state index in [-0.39, 0.29) is 11.7 Å². The molecule has 1 saturated heterocycles. The van der Waals surface area contributed by atoms with Crippen LogP contribution >= 0.6 is 0 Å². The van der Waals surface area contributed by atoms with Crippen LogP contribution in [0, 0.1) is 5.92 Å². The predicted octanol–water partition coefficient (Wildman–Crippen LogP) is 2.46. The highest BCUT2D eigenvalue weighted by Gasteiger charge is 2.23. The van der Waals surface area contributed by atoms with Gasteiger partial charge in [0, 0.05) is 19.6 Å². The Bertz CT molecular complexity index is 563. The zero-order valence-corrected chi connectivity index (χ0v) is 13.1. The van der Waals surface area contributed by atoms with Crippen LogP contribution < -0.4 is 0 Å². The molecule has 4 heteroatoms. The van der Waals surface area contributed by atoms with Crippen molar-refractivity contribution < 1.29 is 8.42 Å². The largest absolute Gasteiger partial charge is 0.298 e. The van der Waals surface area contributed by atoms with Gasteiger partial charge in [0.15, 0.2) is 9.84 Å². The lowest BCUT2D eigenvalue weighted by molar-refractivity contribution is 0.286. The first-order chi connectivity index (χ1) is 9.44. The molecule has 0 bridgehead atoms. The SMILES string of the molecule is C/C(=C\c1ccccc1)CN1CCS(=O)(=O)CC(C)C1. The minimum atomic E-state index is -2.86. The lowest BCUT2D eigenvalue weighted by atomic mass is 10.1. The van der Waals surface area contributed by atoms with E-state index in [0.717, 1.165) is 13.1 Å². The summed E-state index contributed by atoms with van der Waals surface area (Å²) < 4.78 is 23.5. The van der Waals surface area contributed by atoms with Crippen molar-refractivity contribution in [2.45, 2.75) is 13.8 Å². The zero-order valence-electron chi connectivity index (χ0n) is 12.2. The fourth-order valence-electron chi connectivity index (χ4n) is 2.75. The lowest BCUT2D eigenvalue weighted by Gasteiger charge is -2.22.